The summed E-state index contributed by atoms with van der Waals surface area (Å²) in [4.78, 5) is 11.1. The predicted octanol–water partition coefficient (Wildman–Crippen LogP) is 1.48. The zero-order chi connectivity index (χ0) is 10.8. The minimum atomic E-state index is 0.657. The van der Waals surface area contributed by atoms with Gasteiger partial charge in [-0.25, -0.2) is 9.97 Å². The average molecular weight is 219 g/mol. The Bertz CT molecular complexity index is 333. The van der Waals surface area contributed by atoms with Crippen molar-refractivity contribution in [2.24, 2.45) is 5.92 Å². The molecule has 1 aliphatic carbocycles. The molecule has 0 unspecified atom stereocenters. The molecular formula is C12H17N3O. The number of ether oxygens (including phenoxy) is 1. The lowest BCUT2D eigenvalue weighted by molar-refractivity contribution is 0.186. The molecule has 16 heavy (non-hydrogen) atoms. The molecule has 3 rings (SSSR count). The molecule has 1 atom stereocenters. The summed E-state index contributed by atoms with van der Waals surface area (Å²) in [6.07, 6.45) is 7.39. The molecule has 0 aromatic carbocycles. The van der Waals surface area contributed by atoms with Crippen LogP contribution in [0.2, 0.25) is 0 Å². The second-order valence-corrected chi connectivity index (χ2v) is 4.66. The van der Waals surface area contributed by atoms with Crippen molar-refractivity contribution >= 4 is 5.95 Å². The molecule has 0 bridgehead atoms. The van der Waals surface area contributed by atoms with Gasteiger partial charge in [0, 0.05) is 37.5 Å². The van der Waals surface area contributed by atoms with E-state index in [4.69, 9.17) is 4.74 Å². The van der Waals surface area contributed by atoms with E-state index in [0.717, 1.165) is 25.7 Å². The zero-order valence-corrected chi connectivity index (χ0v) is 9.38. The van der Waals surface area contributed by atoms with Crippen LogP contribution in [-0.4, -0.2) is 35.8 Å². The Morgan fingerprint density at radius 3 is 2.69 bits per heavy atom. The predicted molar refractivity (Wildman–Crippen MR) is 61.3 cm³/mol. The van der Waals surface area contributed by atoms with Gasteiger partial charge in [0.25, 0.3) is 0 Å². The molecule has 1 saturated carbocycles. The number of anilines is 1. The van der Waals surface area contributed by atoms with E-state index in [2.05, 4.69) is 14.9 Å². The first-order valence-electron chi connectivity index (χ1n) is 6.05. The number of hydrogen-bond donors (Lipinski definition) is 0. The second kappa shape index (κ2) is 4.37. The van der Waals surface area contributed by atoms with Gasteiger partial charge in [0.05, 0.1) is 6.61 Å². The highest BCUT2D eigenvalue weighted by Crippen LogP contribution is 2.31. The molecule has 1 aliphatic heterocycles. The Kier molecular flexibility index (Phi) is 2.74. The summed E-state index contributed by atoms with van der Waals surface area (Å²) in [5.74, 6) is 1.54. The van der Waals surface area contributed by atoms with Crippen LogP contribution in [0.4, 0.5) is 5.95 Å². The number of aromatic nitrogens is 2. The van der Waals surface area contributed by atoms with Crippen molar-refractivity contribution in [2.75, 3.05) is 24.7 Å². The molecule has 0 radical (unpaired) electrons. The SMILES string of the molecule is c1cnc(N(C[C@H]2CCOC2)C2CC2)nc1. The van der Waals surface area contributed by atoms with Gasteiger partial charge in [-0.15, -0.1) is 0 Å². The van der Waals surface area contributed by atoms with Crippen LogP contribution in [0.5, 0.6) is 0 Å². The van der Waals surface area contributed by atoms with Gasteiger partial charge in [-0.3, -0.25) is 0 Å². The summed E-state index contributed by atoms with van der Waals surface area (Å²) in [5, 5.41) is 0. The fraction of sp³-hybridized carbons (Fsp3) is 0.667. The number of rotatable bonds is 4. The maximum atomic E-state index is 5.43. The van der Waals surface area contributed by atoms with Crippen LogP contribution in [0.1, 0.15) is 19.3 Å². The lowest BCUT2D eigenvalue weighted by Gasteiger charge is -2.24. The standard InChI is InChI=1S/C12H17N3O/c1-5-13-12(14-6-1)15(11-2-3-11)8-10-4-7-16-9-10/h1,5-6,10-11H,2-4,7-9H2/t10-/m1/s1. The highest BCUT2D eigenvalue weighted by atomic mass is 16.5. The van der Waals surface area contributed by atoms with Crippen LogP contribution >= 0.6 is 0 Å². The van der Waals surface area contributed by atoms with Crippen LogP contribution in [0.15, 0.2) is 18.5 Å². The van der Waals surface area contributed by atoms with Crippen molar-refractivity contribution in [3.63, 3.8) is 0 Å². The molecule has 0 N–H and O–H groups in total. The normalized spacial score (nSPS) is 24.6. The van der Waals surface area contributed by atoms with E-state index in [1.54, 1.807) is 0 Å². The Morgan fingerprint density at radius 2 is 2.06 bits per heavy atom. The van der Waals surface area contributed by atoms with Crippen molar-refractivity contribution in [2.45, 2.75) is 25.3 Å². The second-order valence-electron chi connectivity index (χ2n) is 4.66. The molecular weight excluding hydrogens is 202 g/mol. The van der Waals surface area contributed by atoms with Crippen LogP contribution in [0.25, 0.3) is 0 Å². The zero-order valence-electron chi connectivity index (χ0n) is 9.38. The van der Waals surface area contributed by atoms with Crippen LogP contribution in [-0.2, 0) is 4.74 Å². The van der Waals surface area contributed by atoms with Crippen LogP contribution in [0, 0.1) is 5.92 Å². The lowest BCUT2D eigenvalue weighted by atomic mass is 10.1. The summed E-state index contributed by atoms with van der Waals surface area (Å²) in [5.41, 5.74) is 0. The smallest absolute Gasteiger partial charge is 0.225 e. The van der Waals surface area contributed by atoms with Gasteiger partial charge >= 0.3 is 0 Å². The topological polar surface area (TPSA) is 38.2 Å². The summed E-state index contributed by atoms with van der Waals surface area (Å²) >= 11 is 0. The van der Waals surface area contributed by atoms with E-state index in [9.17, 15) is 0 Å². The first-order valence-corrected chi connectivity index (χ1v) is 6.05. The third-order valence-corrected chi connectivity index (χ3v) is 3.28. The summed E-state index contributed by atoms with van der Waals surface area (Å²) in [6.45, 7) is 2.86. The minimum Gasteiger partial charge on any atom is -0.381 e. The molecule has 0 amide bonds. The van der Waals surface area contributed by atoms with E-state index in [-0.39, 0.29) is 0 Å². The summed E-state index contributed by atoms with van der Waals surface area (Å²) in [6, 6.07) is 2.54. The first kappa shape index (κ1) is 10.0. The van der Waals surface area contributed by atoms with E-state index in [1.165, 1.54) is 19.3 Å². The largest absolute Gasteiger partial charge is 0.381 e. The lowest BCUT2D eigenvalue weighted by Crippen LogP contribution is -2.33. The van der Waals surface area contributed by atoms with Crippen LogP contribution in [0.3, 0.4) is 0 Å². The van der Waals surface area contributed by atoms with Gasteiger partial charge in [0.15, 0.2) is 0 Å². The number of hydrogen-bond acceptors (Lipinski definition) is 4. The van der Waals surface area contributed by atoms with Gasteiger partial charge in [0.1, 0.15) is 0 Å². The molecule has 0 spiro atoms. The highest BCUT2D eigenvalue weighted by molar-refractivity contribution is 5.33. The van der Waals surface area contributed by atoms with Crippen molar-refractivity contribution in [3.8, 4) is 0 Å². The average Bonchev–Trinajstić information content (AvgIpc) is 3.05. The molecule has 2 aliphatic rings. The van der Waals surface area contributed by atoms with E-state index in [1.807, 2.05) is 18.5 Å². The van der Waals surface area contributed by atoms with Gasteiger partial charge < -0.3 is 9.64 Å². The maximum absolute atomic E-state index is 5.43. The summed E-state index contributed by atoms with van der Waals surface area (Å²) in [7, 11) is 0. The monoisotopic (exact) mass is 219 g/mol. The van der Waals surface area contributed by atoms with Crippen molar-refractivity contribution in [3.05, 3.63) is 18.5 Å². The Balaban J connectivity index is 1.71. The quantitative estimate of drug-likeness (QED) is 0.769. The minimum absolute atomic E-state index is 0.657. The van der Waals surface area contributed by atoms with Crippen LogP contribution < -0.4 is 4.90 Å². The first-order chi connectivity index (χ1) is 7.93. The molecule has 1 saturated heterocycles. The summed E-state index contributed by atoms with van der Waals surface area (Å²) < 4.78 is 5.43. The molecule has 1 aromatic heterocycles. The molecule has 1 aromatic rings. The molecule has 86 valence electrons. The Morgan fingerprint density at radius 1 is 1.25 bits per heavy atom. The number of nitrogens with zero attached hydrogens (tertiary/aromatic N) is 3. The third kappa shape index (κ3) is 2.16. The van der Waals surface area contributed by atoms with Gasteiger partial charge in [-0.1, -0.05) is 0 Å². The fourth-order valence-corrected chi connectivity index (χ4v) is 2.23. The molecule has 2 heterocycles. The third-order valence-electron chi connectivity index (χ3n) is 3.28. The van der Waals surface area contributed by atoms with Crippen molar-refractivity contribution in [1.29, 1.82) is 0 Å². The van der Waals surface area contributed by atoms with Crippen molar-refractivity contribution < 1.29 is 4.74 Å². The molecule has 4 heteroatoms. The van der Waals surface area contributed by atoms with E-state index < -0.39 is 0 Å². The Hall–Kier alpha value is -1.16. The molecule has 2 fully saturated rings. The van der Waals surface area contributed by atoms with Gasteiger partial charge in [-0.2, -0.15) is 0 Å². The van der Waals surface area contributed by atoms with Crippen molar-refractivity contribution in [1.82, 2.24) is 9.97 Å². The van der Waals surface area contributed by atoms with E-state index in [0.29, 0.717) is 12.0 Å². The maximum Gasteiger partial charge on any atom is 0.225 e. The fourth-order valence-electron chi connectivity index (χ4n) is 2.23. The Labute approximate surface area is 95.7 Å². The molecule has 4 nitrogen and oxygen atoms in total. The van der Waals surface area contributed by atoms with E-state index >= 15 is 0 Å². The van der Waals surface area contributed by atoms with Gasteiger partial charge in [0.2, 0.25) is 5.95 Å². The highest BCUT2D eigenvalue weighted by Gasteiger charge is 2.33. The van der Waals surface area contributed by atoms with Gasteiger partial charge in [-0.05, 0) is 25.3 Å².